The van der Waals surface area contributed by atoms with Gasteiger partial charge in [-0.1, -0.05) is 30.3 Å². The second-order valence-electron chi connectivity index (χ2n) is 6.95. The van der Waals surface area contributed by atoms with Crippen LogP contribution in [0.25, 0.3) is 5.69 Å². The molecular weight excluding hydrogens is 366 g/mol. The van der Waals surface area contributed by atoms with E-state index in [0.29, 0.717) is 11.3 Å². The van der Waals surface area contributed by atoms with Crippen molar-refractivity contribution in [2.75, 3.05) is 13.2 Å². The van der Waals surface area contributed by atoms with Gasteiger partial charge in [-0.05, 0) is 56.7 Å². The van der Waals surface area contributed by atoms with Crippen molar-refractivity contribution in [3.8, 4) is 11.4 Å². The number of aryl methyl sites for hydroxylation is 2. The summed E-state index contributed by atoms with van der Waals surface area (Å²) in [5, 5.41) is 0. The maximum Gasteiger partial charge on any atom is 0.309 e. The molecule has 0 N–H and O–H groups in total. The fraction of sp³-hybridized carbons (Fsp3) is 0.250. The van der Waals surface area contributed by atoms with Gasteiger partial charge in [0.15, 0.2) is 6.61 Å². The Bertz CT molecular complexity index is 1000. The molecule has 0 fully saturated rings. The number of rotatable bonds is 8. The van der Waals surface area contributed by atoms with E-state index in [9.17, 15) is 9.59 Å². The Labute approximate surface area is 170 Å². The SMILES string of the molecule is Cc1cccc(OCCC(=O)OCC(=O)c2cc(C)n(-c3ccccc3)c2C)c1. The van der Waals surface area contributed by atoms with Crippen LogP contribution < -0.4 is 4.74 Å². The van der Waals surface area contributed by atoms with Crippen molar-refractivity contribution in [2.45, 2.75) is 27.2 Å². The minimum absolute atomic E-state index is 0.0876. The molecule has 2 aromatic carbocycles. The zero-order chi connectivity index (χ0) is 20.8. The number of ketones is 1. The highest BCUT2D eigenvalue weighted by Gasteiger charge is 2.18. The van der Waals surface area contributed by atoms with Gasteiger partial charge in [0.25, 0.3) is 0 Å². The van der Waals surface area contributed by atoms with Crippen LogP contribution >= 0.6 is 0 Å². The Morgan fingerprint density at radius 2 is 1.69 bits per heavy atom. The lowest BCUT2D eigenvalue weighted by atomic mass is 10.1. The number of carbonyl (C=O) groups is 2. The quantitative estimate of drug-likeness (QED) is 0.416. The van der Waals surface area contributed by atoms with Crippen LogP contribution in [-0.4, -0.2) is 29.5 Å². The molecule has 0 saturated heterocycles. The van der Waals surface area contributed by atoms with E-state index in [4.69, 9.17) is 9.47 Å². The zero-order valence-corrected chi connectivity index (χ0v) is 17.0. The molecular formula is C24H25NO4. The molecule has 0 atom stereocenters. The molecule has 5 heteroatoms. The van der Waals surface area contributed by atoms with E-state index in [1.54, 1.807) is 0 Å². The smallest absolute Gasteiger partial charge is 0.309 e. The molecule has 0 saturated carbocycles. The van der Waals surface area contributed by atoms with Gasteiger partial charge in [0.1, 0.15) is 5.75 Å². The predicted molar refractivity (Wildman–Crippen MR) is 112 cm³/mol. The molecule has 0 amide bonds. The highest BCUT2D eigenvalue weighted by molar-refractivity contribution is 5.99. The van der Waals surface area contributed by atoms with Crippen molar-refractivity contribution in [2.24, 2.45) is 0 Å². The summed E-state index contributed by atoms with van der Waals surface area (Å²) < 4.78 is 12.7. The number of benzene rings is 2. The summed E-state index contributed by atoms with van der Waals surface area (Å²) in [5.74, 6) is 0.0401. The molecule has 0 aliphatic rings. The molecule has 0 spiro atoms. The summed E-state index contributed by atoms with van der Waals surface area (Å²) in [6, 6.07) is 19.3. The number of carbonyl (C=O) groups excluding carboxylic acids is 2. The number of ether oxygens (including phenoxy) is 2. The van der Waals surface area contributed by atoms with Crippen molar-refractivity contribution >= 4 is 11.8 Å². The summed E-state index contributed by atoms with van der Waals surface area (Å²) in [4.78, 5) is 24.5. The van der Waals surface area contributed by atoms with Crippen molar-refractivity contribution in [1.29, 1.82) is 0 Å². The number of aromatic nitrogens is 1. The van der Waals surface area contributed by atoms with Crippen molar-refractivity contribution in [3.63, 3.8) is 0 Å². The first kappa shape index (κ1) is 20.4. The normalized spacial score (nSPS) is 10.6. The van der Waals surface area contributed by atoms with E-state index in [0.717, 1.165) is 22.6 Å². The van der Waals surface area contributed by atoms with Gasteiger partial charge in [0, 0.05) is 22.6 Å². The lowest BCUT2D eigenvalue weighted by molar-refractivity contribution is -0.143. The standard InChI is InChI=1S/C24H25NO4/c1-17-8-7-11-21(14-17)28-13-12-24(27)29-16-23(26)22-15-18(2)25(19(22)3)20-9-5-4-6-10-20/h4-11,14-15H,12-13,16H2,1-3H3. The number of hydrogen-bond donors (Lipinski definition) is 0. The third kappa shape index (κ3) is 5.13. The van der Waals surface area contributed by atoms with E-state index >= 15 is 0 Å². The molecule has 1 heterocycles. The Balaban J connectivity index is 1.53. The molecule has 3 aromatic rings. The molecule has 3 rings (SSSR count). The molecule has 150 valence electrons. The predicted octanol–water partition coefficient (Wildman–Crippen LogP) is 4.60. The third-order valence-corrected chi connectivity index (χ3v) is 4.67. The summed E-state index contributed by atoms with van der Waals surface area (Å²) in [7, 11) is 0. The minimum Gasteiger partial charge on any atom is -0.493 e. The van der Waals surface area contributed by atoms with Gasteiger partial charge in [0.05, 0.1) is 13.0 Å². The average molecular weight is 391 g/mol. The van der Waals surface area contributed by atoms with E-state index in [2.05, 4.69) is 0 Å². The van der Waals surface area contributed by atoms with Crippen molar-refractivity contribution < 1.29 is 19.1 Å². The average Bonchev–Trinajstić information content (AvgIpc) is 3.01. The topological polar surface area (TPSA) is 57.5 Å². The number of nitrogens with zero attached hydrogens (tertiary/aromatic N) is 1. The zero-order valence-electron chi connectivity index (χ0n) is 17.0. The van der Waals surface area contributed by atoms with Gasteiger partial charge >= 0.3 is 5.97 Å². The largest absolute Gasteiger partial charge is 0.493 e. The first-order valence-electron chi connectivity index (χ1n) is 9.58. The van der Waals surface area contributed by atoms with Gasteiger partial charge in [-0.25, -0.2) is 0 Å². The first-order valence-corrected chi connectivity index (χ1v) is 9.58. The minimum atomic E-state index is -0.456. The van der Waals surface area contributed by atoms with Gasteiger partial charge in [-0.3, -0.25) is 9.59 Å². The molecule has 0 bridgehead atoms. The molecule has 5 nitrogen and oxygen atoms in total. The lowest BCUT2D eigenvalue weighted by Crippen LogP contribution is -2.16. The van der Waals surface area contributed by atoms with Crippen LogP contribution in [0.4, 0.5) is 0 Å². The number of para-hydroxylation sites is 1. The molecule has 0 unspecified atom stereocenters. The van der Waals surface area contributed by atoms with Crippen LogP contribution in [0.3, 0.4) is 0 Å². The van der Waals surface area contributed by atoms with Gasteiger partial charge < -0.3 is 14.0 Å². The molecule has 0 radical (unpaired) electrons. The Hall–Kier alpha value is -3.34. The lowest BCUT2D eigenvalue weighted by Gasteiger charge is -2.10. The Morgan fingerprint density at radius 3 is 2.41 bits per heavy atom. The number of Topliss-reactive ketones (excluding diaryl/α,β-unsaturated/α-hetero) is 1. The fourth-order valence-corrected chi connectivity index (χ4v) is 3.27. The Kier molecular flexibility index (Phi) is 6.50. The number of hydrogen-bond acceptors (Lipinski definition) is 4. The van der Waals surface area contributed by atoms with E-state index in [1.807, 2.05) is 86.0 Å². The summed E-state index contributed by atoms with van der Waals surface area (Å²) in [6.45, 7) is 5.75. The maximum atomic E-state index is 12.6. The highest BCUT2D eigenvalue weighted by atomic mass is 16.5. The summed E-state index contributed by atoms with van der Waals surface area (Å²) in [6.07, 6.45) is 0.0876. The first-order chi connectivity index (χ1) is 14.0. The summed E-state index contributed by atoms with van der Waals surface area (Å²) >= 11 is 0. The van der Waals surface area contributed by atoms with Gasteiger partial charge in [-0.15, -0.1) is 0 Å². The van der Waals surface area contributed by atoms with Crippen LogP contribution in [0.15, 0.2) is 60.7 Å². The third-order valence-electron chi connectivity index (χ3n) is 4.67. The van der Waals surface area contributed by atoms with E-state index in [1.165, 1.54) is 0 Å². The van der Waals surface area contributed by atoms with E-state index in [-0.39, 0.29) is 25.4 Å². The molecule has 1 aromatic heterocycles. The highest BCUT2D eigenvalue weighted by Crippen LogP contribution is 2.21. The van der Waals surface area contributed by atoms with Gasteiger partial charge in [-0.2, -0.15) is 0 Å². The van der Waals surface area contributed by atoms with Crippen LogP contribution in [0, 0.1) is 20.8 Å². The second-order valence-corrected chi connectivity index (χ2v) is 6.95. The van der Waals surface area contributed by atoms with Crippen LogP contribution in [-0.2, 0) is 9.53 Å². The maximum absolute atomic E-state index is 12.6. The van der Waals surface area contributed by atoms with Crippen LogP contribution in [0.5, 0.6) is 5.75 Å². The number of esters is 1. The van der Waals surface area contributed by atoms with Crippen LogP contribution in [0.2, 0.25) is 0 Å². The molecule has 0 aliphatic heterocycles. The Morgan fingerprint density at radius 1 is 0.931 bits per heavy atom. The van der Waals surface area contributed by atoms with Gasteiger partial charge in [0.2, 0.25) is 5.78 Å². The monoisotopic (exact) mass is 391 g/mol. The van der Waals surface area contributed by atoms with Crippen molar-refractivity contribution in [3.05, 3.63) is 83.2 Å². The molecule has 29 heavy (non-hydrogen) atoms. The fourth-order valence-electron chi connectivity index (χ4n) is 3.27. The second kappa shape index (κ2) is 9.24. The van der Waals surface area contributed by atoms with E-state index < -0.39 is 5.97 Å². The summed E-state index contributed by atoms with van der Waals surface area (Å²) in [5.41, 5.74) is 4.43. The molecule has 0 aliphatic carbocycles. The van der Waals surface area contributed by atoms with Crippen LogP contribution in [0.1, 0.15) is 33.7 Å². The van der Waals surface area contributed by atoms with Crippen molar-refractivity contribution in [1.82, 2.24) is 4.57 Å².